The Kier molecular flexibility index (Phi) is 7.54. The Morgan fingerprint density at radius 1 is 0.933 bits per heavy atom. The topological polar surface area (TPSA) is 69.7 Å². The number of anilines is 1. The van der Waals surface area contributed by atoms with Crippen LogP contribution in [0.5, 0.6) is 0 Å². The van der Waals surface area contributed by atoms with E-state index in [-0.39, 0.29) is 37.0 Å². The van der Waals surface area contributed by atoms with E-state index in [1.54, 1.807) is 29.2 Å². The van der Waals surface area contributed by atoms with E-state index in [1.807, 2.05) is 4.90 Å². The van der Waals surface area contributed by atoms with Gasteiger partial charge in [0.05, 0.1) is 17.3 Å². The number of carbonyl (C=O) groups is 3. The van der Waals surface area contributed by atoms with E-state index in [9.17, 15) is 18.8 Å². The molecule has 1 saturated heterocycles. The first-order valence-corrected chi connectivity index (χ1v) is 10.1. The molecule has 1 aliphatic rings. The van der Waals surface area contributed by atoms with Crippen LogP contribution in [-0.2, 0) is 9.59 Å². The minimum Gasteiger partial charge on any atom is -0.340 e. The van der Waals surface area contributed by atoms with E-state index in [1.165, 1.54) is 24.3 Å². The lowest BCUT2D eigenvalue weighted by atomic mass is 10.1. The molecule has 0 atom stereocenters. The largest absolute Gasteiger partial charge is 0.340 e. The summed E-state index contributed by atoms with van der Waals surface area (Å²) in [6.07, 6.45) is 0.203. The molecule has 0 bridgehead atoms. The number of amides is 2. The fraction of sp³-hybridized carbons (Fsp3) is 0.318. The van der Waals surface area contributed by atoms with Gasteiger partial charge in [0, 0.05) is 44.6 Å². The van der Waals surface area contributed by atoms with E-state index in [2.05, 4.69) is 5.32 Å². The molecule has 3 rings (SSSR count). The van der Waals surface area contributed by atoms with Gasteiger partial charge >= 0.3 is 0 Å². The van der Waals surface area contributed by atoms with Gasteiger partial charge in [-0.3, -0.25) is 19.3 Å². The first-order valence-electron chi connectivity index (χ1n) is 9.75. The van der Waals surface area contributed by atoms with Crippen molar-refractivity contribution < 1.29 is 18.8 Å². The molecule has 1 N–H and O–H groups in total. The van der Waals surface area contributed by atoms with Crippen molar-refractivity contribution in [2.75, 3.05) is 38.0 Å². The summed E-state index contributed by atoms with van der Waals surface area (Å²) < 4.78 is 12.9. The molecule has 6 nitrogen and oxygen atoms in total. The lowest BCUT2D eigenvalue weighted by molar-refractivity contribution is -0.133. The third kappa shape index (κ3) is 6.11. The number of hydrogen-bond donors (Lipinski definition) is 1. The van der Waals surface area contributed by atoms with Crippen LogP contribution >= 0.6 is 11.6 Å². The number of nitrogens with one attached hydrogen (secondary N) is 1. The second-order valence-corrected chi connectivity index (χ2v) is 7.52. The molecule has 2 aromatic rings. The first-order chi connectivity index (χ1) is 14.4. The van der Waals surface area contributed by atoms with E-state index in [0.29, 0.717) is 42.5 Å². The van der Waals surface area contributed by atoms with Crippen molar-refractivity contribution in [1.29, 1.82) is 0 Å². The Hall–Kier alpha value is -2.77. The molecule has 0 spiro atoms. The zero-order valence-corrected chi connectivity index (χ0v) is 17.2. The van der Waals surface area contributed by atoms with Crippen molar-refractivity contribution >= 4 is 34.9 Å². The van der Waals surface area contributed by atoms with Gasteiger partial charge in [0.15, 0.2) is 5.78 Å². The molecule has 0 aromatic heterocycles. The van der Waals surface area contributed by atoms with Gasteiger partial charge in [-0.25, -0.2) is 4.39 Å². The number of hydrogen-bond acceptors (Lipinski definition) is 4. The van der Waals surface area contributed by atoms with E-state index in [4.69, 9.17) is 11.6 Å². The molecule has 0 aliphatic carbocycles. The number of Topliss-reactive ketones (excluding diaryl/α,β-unsaturated/α-hetero) is 1. The summed E-state index contributed by atoms with van der Waals surface area (Å²) in [4.78, 5) is 40.4. The molecule has 1 aliphatic heterocycles. The number of ketones is 1. The van der Waals surface area contributed by atoms with Gasteiger partial charge in [0.25, 0.3) is 0 Å². The zero-order valence-electron chi connectivity index (χ0n) is 16.4. The van der Waals surface area contributed by atoms with Crippen molar-refractivity contribution in [3.8, 4) is 0 Å². The van der Waals surface area contributed by atoms with Gasteiger partial charge in [-0.2, -0.15) is 0 Å². The molecule has 0 saturated carbocycles. The summed E-state index contributed by atoms with van der Waals surface area (Å²) in [5, 5.41) is 3.27. The monoisotopic (exact) mass is 431 g/mol. The molecular formula is C22H23ClFN3O3. The third-order valence-electron chi connectivity index (χ3n) is 4.97. The Balaban J connectivity index is 1.39. The minimum absolute atomic E-state index is 0.0882. The van der Waals surface area contributed by atoms with Crippen LogP contribution in [0.3, 0.4) is 0 Å². The van der Waals surface area contributed by atoms with Gasteiger partial charge in [0.2, 0.25) is 11.8 Å². The second kappa shape index (κ2) is 10.3. The van der Waals surface area contributed by atoms with Crippen LogP contribution in [0.2, 0.25) is 5.02 Å². The normalized spacial score (nSPS) is 14.4. The maximum absolute atomic E-state index is 12.9. The smallest absolute Gasteiger partial charge is 0.238 e. The Bertz CT molecular complexity index is 912. The molecule has 2 aromatic carbocycles. The highest BCUT2D eigenvalue weighted by Crippen LogP contribution is 2.20. The number of rotatable bonds is 7. The lowest BCUT2D eigenvalue weighted by Crippen LogP contribution is -2.50. The molecule has 0 unspecified atom stereocenters. The zero-order chi connectivity index (χ0) is 21.5. The number of para-hydroxylation sites is 1. The number of halogens is 2. The van der Waals surface area contributed by atoms with Crippen molar-refractivity contribution in [2.24, 2.45) is 0 Å². The summed E-state index contributed by atoms with van der Waals surface area (Å²) in [5.74, 6) is -0.835. The van der Waals surface area contributed by atoms with Gasteiger partial charge in [-0.05, 0) is 36.4 Å². The average Bonchev–Trinajstić information content (AvgIpc) is 2.74. The van der Waals surface area contributed by atoms with Crippen LogP contribution in [0.4, 0.5) is 10.1 Å². The van der Waals surface area contributed by atoms with Crippen LogP contribution in [0.1, 0.15) is 23.2 Å². The second-order valence-electron chi connectivity index (χ2n) is 7.12. The molecule has 158 valence electrons. The van der Waals surface area contributed by atoms with Crippen LogP contribution < -0.4 is 5.32 Å². The van der Waals surface area contributed by atoms with Crippen molar-refractivity contribution in [3.05, 3.63) is 64.9 Å². The maximum Gasteiger partial charge on any atom is 0.238 e. The van der Waals surface area contributed by atoms with Crippen LogP contribution in [0, 0.1) is 5.82 Å². The molecule has 2 amide bonds. The fourth-order valence-corrected chi connectivity index (χ4v) is 3.45. The Morgan fingerprint density at radius 3 is 2.27 bits per heavy atom. The molecular weight excluding hydrogens is 409 g/mol. The van der Waals surface area contributed by atoms with Gasteiger partial charge < -0.3 is 10.2 Å². The Labute approximate surface area is 179 Å². The average molecular weight is 432 g/mol. The number of benzene rings is 2. The van der Waals surface area contributed by atoms with Crippen molar-refractivity contribution in [2.45, 2.75) is 12.8 Å². The standard InChI is InChI=1S/C22H23ClFN3O3/c23-18-3-1-2-4-19(18)25-21(29)15-26-11-13-27(14-12-26)22(30)10-9-20(28)16-5-7-17(24)8-6-16/h1-8H,9-15H2,(H,25,29). The van der Waals surface area contributed by atoms with Gasteiger partial charge in [-0.1, -0.05) is 23.7 Å². The van der Waals surface area contributed by atoms with Crippen LogP contribution in [0.15, 0.2) is 48.5 Å². The van der Waals surface area contributed by atoms with Gasteiger partial charge in [-0.15, -0.1) is 0 Å². The molecule has 30 heavy (non-hydrogen) atoms. The quantitative estimate of drug-likeness (QED) is 0.683. The first kappa shape index (κ1) is 21.9. The highest BCUT2D eigenvalue weighted by molar-refractivity contribution is 6.33. The summed E-state index contributed by atoms with van der Waals surface area (Å²) in [5.41, 5.74) is 0.974. The molecule has 1 fully saturated rings. The van der Waals surface area contributed by atoms with E-state index < -0.39 is 5.82 Å². The predicted molar refractivity (Wildman–Crippen MR) is 113 cm³/mol. The van der Waals surface area contributed by atoms with Gasteiger partial charge in [0.1, 0.15) is 5.82 Å². The van der Waals surface area contributed by atoms with E-state index in [0.717, 1.165) is 0 Å². The maximum atomic E-state index is 12.9. The van der Waals surface area contributed by atoms with Crippen molar-refractivity contribution in [3.63, 3.8) is 0 Å². The summed E-state index contributed by atoms with van der Waals surface area (Å²) >= 11 is 6.05. The summed E-state index contributed by atoms with van der Waals surface area (Å²) in [6, 6.07) is 12.4. The highest BCUT2D eigenvalue weighted by atomic mass is 35.5. The van der Waals surface area contributed by atoms with Crippen LogP contribution in [0.25, 0.3) is 0 Å². The number of piperazine rings is 1. The Morgan fingerprint density at radius 2 is 1.60 bits per heavy atom. The van der Waals surface area contributed by atoms with Crippen LogP contribution in [-0.4, -0.2) is 60.1 Å². The highest BCUT2D eigenvalue weighted by Gasteiger charge is 2.23. The fourth-order valence-electron chi connectivity index (χ4n) is 3.27. The lowest BCUT2D eigenvalue weighted by Gasteiger charge is -2.34. The summed E-state index contributed by atoms with van der Waals surface area (Å²) in [7, 11) is 0. The minimum atomic E-state index is -0.402. The number of nitrogens with zero attached hydrogens (tertiary/aromatic N) is 2. The van der Waals surface area contributed by atoms with E-state index >= 15 is 0 Å². The number of carbonyl (C=O) groups excluding carboxylic acids is 3. The SMILES string of the molecule is O=C(CN1CCN(C(=O)CCC(=O)c2ccc(F)cc2)CC1)Nc1ccccc1Cl. The third-order valence-corrected chi connectivity index (χ3v) is 5.30. The predicted octanol–water partition coefficient (Wildman–Crippen LogP) is 3.22. The molecule has 8 heteroatoms. The molecule has 1 heterocycles. The molecule has 0 radical (unpaired) electrons. The summed E-state index contributed by atoms with van der Waals surface area (Å²) in [6.45, 7) is 2.38. The van der Waals surface area contributed by atoms with Crippen molar-refractivity contribution in [1.82, 2.24) is 9.80 Å².